The SMILES string of the molecule is CCC#CNCC(N=C(N)CC)C1(C)C(O)C(NC(=O)c2cccc3c2CCCC3)CN1C. The fourth-order valence-corrected chi connectivity index (χ4v) is 5.01. The van der Waals surface area contributed by atoms with Crippen molar-refractivity contribution in [3.05, 3.63) is 34.9 Å². The maximum absolute atomic E-state index is 13.3. The van der Waals surface area contributed by atoms with Crippen molar-refractivity contribution in [2.75, 3.05) is 20.1 Å². The van der Waals surface area contributed by atoms with Crippen LogP contribution in [0.1, 0.15) is 67.9 Å². The Hall–Kier alpha value is -2.56. The zero-order valence-electron chi connectivity index (χ0n) is 20.4. The maximum atomic E-state index is 13.3. The third-order valence-electron chi connectivity index (χ3n) is 7.24. The van der Waals surface area contributed by atoms with Gasteiger partial charge < -0.3 is 21.5 Å². The standard InChI is InChI=1S/C26H39N5O2/c1-5-7-15-28-16-22(30-23(27)6-2)26(3)24(32)21(17-31(26)4)29-25(33)20-14-10-12-18-11-8-9-13-19(18)20/h10,12,14,21-22,24,28,32H,5-6,8-9,11,13,16-17H2,1-4H3,(H2,27,30)(H,29,33). The summed E-state index contributed by atoms with van der Waals surface area (Å²) in [5.74, 6) is 3.42. The number of likely N-dealkylation sites (N-methyl/N-ethyl adjacent to an activating group) is 1. The molecule has 0 saturated carbocycles. The van der Waals surface area contributed by atoms with Gasteiger partial charge in [-0.1, -0.05) is 31.9 Å². The van der Waals surface area contributed by atoms with E-state index in [2.05, 4.69) is 33.6 Å². The second-order valence-corrected chi connectivity index (χ2v) is 9.31. The van der Waals surface area contributed by atoms with Crippen molar-refractivity contribution in [3.8, 4) is 12.0 Å². The van der Waals surface area contributed by atoms with Gasteiger partial charge in [-0.2, -0.15) is 0 Å². The predicted molar refractivity (Wildman–Crippen MR) is 133 cm³/mol. The fourth-order valence-electron chi connectivity index (χ4n) is 5.01. The number of hydrogen-bond donors (Lipinski definition) is 4. The molecule has 7 nitrogen and oxygen atoms in total. The number of hydrogen-bond acceptors (Lipinski definition) is 5. The van der Waals surface area contributed by atoms with Gasteiger partial charge in [-0.3, -0.25) is 14.7 Å². The Morgan fingerprint density at radius 2 is 2.12 bits per heavy atom. The van der Waals surface area contributed by atoms with Crippen molar-refractivity contribution in [1.29, 1.82) is 0 Å². The molecule has 3 rings (SSSR count). The Balaban J connectivity index is 1.81. The number of aryl methyl sites for hydroxylation is 1. The molecule has 4 unspecified atom stereocenters. The molecule has 1 aliphatic carbocycles. The third kappa shape index (κ3) is 5.34. The molecule has 33 heavy (non-hydrogen) atoms. The number of carbonyl (C=O) groups is 1. The highest BCUT2D eigenvalue weighted by Gasteiger charge is 2.53. The summed E-state index contributed by atoms with van der Waals surface area (Å²) in [4.78, 5) is 20.1. The van der Waals surface area contributed by atoms with Crippen molar-refractivity contribution >= 4 is 11.7 Å². The molecule has 0 bridgehead atoms. The number of aliphatic hydroxyl groups is 1. The number of nitrogens with zero attached hydrogens (tertiary/aromatic N) is 2. The zero-order chi connectivity index (χ0) is 24.0. The molecule has 1 aromatic rings. The average molecular weight is 454 g/mol. The minimum absolute atomic E-state index is 0.115. The first-order valence-corrected chi connectivity index (χ1v) is 12.2. The summed E-state index contributed by atoms with van der Waals surface area (Å²) in [5, 5.41) is 17.7. The van der Waals surface area contributed by atoms with E-state index in [1.54, 1.807) is 0 Å². The van der Waals surface area contributed by atoms with E-state index < -0.39 is 17.7 Å². The Kier molecular flexibility index (Phi) is 8.39. The molecule has 1 heterocycles. The van der Waals surface area contributed by atoms with Crippen LogP contribution in [-0.2, 0) is 12.8 Å². The predicted octanol–water partition coefficient (Wildman–Crippen LogP) is 1.83. The van der Waals surface area contributed by atoms with Crippen molar-refractivity contribution in [1.82, 2.24) is 15.5 Å². The summed E-state index contributed by atoms with van der Waals surface area (Å²) in [6.07, 6.45) is 4.81. The van der Waals surface area contributed by atoms with Gasteiger partial charge in [0.1, 0.15) is 0 Å². The minimum Gasteiger partial charge on any atom is -0.389 e. The van der Waals surface area contributed by atoms with Gasteiger partial charge in [0.25, 0.3) is 5.91 Å². The summed E-state index contributed by atoms with van der Waals surface area (Å²) in [6, 6.07) is 8.19. The topological polar surface area (TPSA) is 103 Å². The number of amidine groups is 1. The molecule has 1 aliphatic heterocycles. The monoisotopic (exact) mass is 453 g/mol. The Bertz CT molecular complexity index is 934. The van der Waals surface area contributed by atoms with Gasteiger partial charge in [-0.15, -0.1) is 0 Å². The number of aliphatic imine (C=N–C) groups is 1. The van der Waals surface area contributed by atoms with E-state index in [0.29, 0.717) is 25.3 Å². The molecule has 5 N–H and O–H groups in total. The molecule has 7 heteroatoms. The van der Waals surface area contributed by atoms with E-state index in [9.17, 15) is 9.90 Å². The van der Waals surface area contributed by atoms with Crippen LogP contribution in [0, 0.1) is 12.0 Å². The number of rotatable bonds is 7. The zero-order valence-corrected chi connectivity index (χ0v) is 20.4. The molecule has 1 aromatic carbocycles. The number of nitrogens with one attached hydrogen (secondary N) is 2. The van der Waals surface area contributed by atoms with Crippen molar-refractivity contribution in [2.24, 2.45) is 10.7 Å². The van der Waals surface area contributed by atoms with Gasteiger partial charge in [-0.25, -0.2) is 0 Å². The van der Waals surface area contributed by atoms with Gasteiger partial charge in [0, 0.05) is 37.5 Å². The molecular weight excluding hydrogens is 414 g/mol. The number of amides is 1. The van der Waals surface area contributed by atoms with Gasteiger partial charge in [0.05, 0.1) is 29.6 Å². The first kappa shape index (κ1) is 25.1. The summed E-state index contributed by atoms with van der Waals surface area (Å²) < 4.78 is 0. The van der Waals surface area contributed by atoms with E-state index in [1.165, 1.54) is 12.0 Å². The summed E-state index contributed by atoms with van der Waals surface area (Å²) >= 11 is 0. The van der Waals surface area contributed by atoms with Crippen molar-refractivity contribution in [3.63, 3.8) is 0 Å². The van der Waals surface area contributed by atoms with E-state index in [4.69, 9.17) is 10.7 Å². The number of carbonyl (C=O) groups excluding carboxylic acids is 1. The molecule has 0 aromatic heterocycles. The smallest absolute Gasteiger partial charge is 0.251 e. The van der Waals surface area contributed by atoms with Crippen LogP contribution in [0.3, 0.4) is 0 Å². The molecular formula is C26H39N5O2. The van der Waals surface area contributed by atoms with Crippen LogP contribution in [0.15, 0.2) is 23.2 Å². The highest BCUT2D eigenvalue weighted by molar-refractivity contribution is 5.96. The fraction of sp³-hybridized carbons (Fsp3) is 0.615. The third-order valence-corrected chi connectivity index (χ3v) is 7.24. The van der Waals surface area contributed by atoms with E-state index >= 15 is 0 Å². The normalized spacial score (nSPS) is 26.2. The summed E-state index contributed by atoms with van der Waals surface area (Å²) in [5.41, 5.74) is 8.54. The van der Waals surface area contributed by atoms with Crippen LogP contribution in [0.25, 0.3) is 0 Å². The van der Waals surface area contributed by atoms with E-state index in [1.807, 2.05) is 40.0 Å². The lowest BCUT2D eigenvalue weighted by Crippen LogP contribution is -2.59. The van der Waals surface area contributed by atoms with Gasteiger partial charge in [0.2, 0.25) is 0 Å². The van der Waals surface area contributed by atoms with E-state index in [0.717, 1.165) is 36.8 Å². The van der Waals surface area contributed by atoms with Crippen LogP contribution in [0.2, 0.25) is 0 Å². The Morgan fingerprint density at radius 1 is 1.36 bits per heavy atom. The number of nitrogens with two attached hydrogens (primary N) is 1. The number of aliphatic hydroxyl groups excluding tert-OH is 1. The summed E-state index contributed by atoms with van der Waals surface area (Å²) in [6.45, 7) is 6.92. The summed E-state index contributed by atoms with van der Waals surface area (Å²) in [7, 11) is 1.96. The Morgan fingerprint density at radius 3 is 2.85 bits per heavy atom. The molecule has 1 fully saturated rings. The molecule has 2 aliphatic rings. The molecule has 0 radical (unpaired) electrons. The van der Waals surface area contributed by atoms with Crippen molar-refractivity contribution < 1.29 is 9.90 Å². The van der Waals surface area contributed by atoms with Gasteiger partial charge in [-0.05, 0) is 56.8 Å². The largest absolute Gasteiger partial charge is 0.389 e. The number of likely N-dealkylation sites (tertiary alicyclic amines) is 1. The molecule has 1 amide bonds. The minimum atomic E-state index is -0.815. The lowest BCUT2D eigenvalue weighted by atomic mass is 9.85. The van der Waals surface area contributed by atoms with Gasteiger partial charge in [0.15, 0.2) is 0 Å². The number of fused-ring (bicyclic) bond motifs is 1. The van der Waals surface area contributed by atoms with E-state index in [-0.39, 0.29) is 11.9 Å². The average Bonchev–Trinajstić information content (AvgIpc) is 3.04. The highest BCUT2D eigenvalue weighted by atomic mass is 16.3. The molecule has 1 saturated heterocycles. The molecule has 0 spiro atoms. The Labute approximate surface area is 198 Å². The van der Waals surface area contributed by atoms with Crippen molar-refractivity contribution in [2.45, 2.75) is 83.0 Å². The van der Waals surface area contributed by atoms with Crippen LogP contribution in [0.4, 0.5) is 0 Å². The highest BCUT2D eigenvalue weighted by Crippen LogP contribution is 2.34. The van der Waals surface area contributed by atoms with Crippen LogP contribution in [0.5, 0.6) is 0 Å². The van der Waals surface area contributed by atoms with Crippen LogP contribution < -0.4 is 16.4 Å². The molecule has 180 valence electrons. The second-order valence-electron chi connectivity index (χ2n) is 9.31. The molecule has 4 atom stereocenters. The lowest BCUT2D eigenvalue weighted by molar-refractivity contribution is 0.0274. The lowest BCUT2D eigenvalue weighted by Gasteiger charge is -2.40. The quantitative estimate of drug-likeness (QED) is 0.218. The maximum Gasteiger partial charge on any atom is 0.251 e. The van der Waals surface area contributed by atoms with Crippen LogP contribution in [-0.4, -0.2) is 65.6 Å². The first-order valence-electron chi connectivity index (χ1n) is 12.2. The van der Waals surface area contributed by atoms with Gasteiger partial charge >= 0.3 is 0 Å². The second kappa shape index (κ2) is 11.0. The number of benzene rings is 1. The first-order chi connectivity index (χ1) is 15.8. The van der Waals surface area contributed by atoms with Crippen LogP contribution >= 0.6 is 0 Å².